The van der Waals surface area contributed by atoms with Crippen molar-refractivity contribution in [3.8, 4) is 5.75 Å². The summed E-state index contributed by atoms with van der Waals surface area (Å²) in [5, 5.41) is 19.2. The fraction of sp³-hybridized carbons (Fsp3) is 0.611. The van der Waals surface area contributed by atoms with Gasteiger partial charge in [-0.1, -0.05) is 6.07 Å². The van der Waals surface area contributed by atoms with Gasteiger partial charge < -0.3 is 24.9 Å². The quantitative estimate of drug-likeness (QED) is 0.762. The third kappa shape index (κ3) is 4.93. The minimum absolute atomic E-state index is 0.0807. The molecule has 1 fully saturated rings. The van der Waals surface area contributed by atoms with Gasteiger partial charge in [-0.15, -0.1) is 0 Å². The topological polar surface area (TPSA) is 67.2 Å². The molecule has 1 heterocycles. The molecule has 1 aliphatic rings. The van der Waals surface area contributed by atoms with E-state index in [1.54, 1.807) is 23.1 Å². The Hall–Kier alpha value is -1.63. The van der Waals surface area contributed by atoms with Crippen LogP contribution in [0.3, 0.4) is 0 Å². The summed E-state index contributed by atoms with van der Waals surface area (Å²) >= 11 is 0. The summed E-state index contributed by atoms with van der Waals surface area (Å²) in [6, 6.07) is 6.44. The Morgan fingerprint density at radius 2 is 1.92 bits per heavy atom. The van der Waals surface area contributed by atoms with Crippen LogP contribution in [0.25, 0.3) is 0 Å². The van der Waals surface area contributed by atoms with Gasteiger partial charge in [0.1, 0.15) is 5.75 Å². The van der Waals surface area contributed by atoms with Crippen molar-refractivity contribution in [2.24, 2.45) is 11.8 Å². The number of carbonyl (C=O) groups is 1. The zero-order valence-electron chi connectivity index (χ0n) is 14.9. The summed E-state index contributed by atoms with van der Waals surface area (Å²) in [6.45, 7) is 4.11. The summed E-state index contributed by atoms with van der Waals surface area (Å²) in [5.74, 6) is 0.387. The molecule has 2 atom stereocenters. The molecule has 1 saturated heterocycles. The molecule has 0 aliphatic carbocycles. The zero-order chi connectivity index (χ0) is 17.7. The first-order chi connectivity index (χ1) is 11.4. The second-order valence-corrected chi connectivity index (χ2v) is 7.03. The van der Waals surface area contributed by atoms with E-state index in [4.69, 9.17) is 0 Å². The maximum atomic E-state index is 12.6. The van der Waals surface area contributed by atoms with E-state index in [0.29, 0.717) is 18.7 Å². The predicted molar refractivity (Wildman–Crippen MR) is 94.1 cm³/mol. The number of phenols is 1. The number of benzene rings is 1. The molecule has 0 saturated carbocycles. The van der Waals surface area contributed by atoms with Crippen LogP contribution in [0.4, 0.5) is 0 Å². The predicted octanol–water partition coefficient (Wildman–Crippen LogP) is 0.566. The maximum absolute atomic E-state index is 12.6. The Morgan fingerprint density at radius 1 is 1.21 bits per heavy atom. The Labute approximate surface area is 144 Å². The first-order valence-corrected chi connectivity index (χ1v) is 8.43. The Kier molecular flexibility index (Phi) is 6.60. The number of likely N-dealkylation sites (N-methyl/N-ethyl adjacent to an activating group) is 2. The molecule has 0 radical (unpaired) electrons. The van der Waals surface area contributed by atoms with Gasteiger partial charge in [-0.05, 0) is 45.3 Å². The fourth-order valence-corrected chi connectivity index (χ4v) is 3.20. The van der Waals surface area contributed by atoms with Gasteiger partial charge in [0.2, 0.25) is 0 Å². The lowest BCUT2D eigenvalue weighted by Crippen LogP contribution is -2.35. The van der Waals surface area contributed by atoms with Crippen molar-refractivity contribution in [1.29, 1.82) is 0 Å². The summed E-state index contributed by atoms with van der Waals surface area (Å²) < 4.78 is 0. The van der Waals surface area contributed by atoms with E-state index in [9.17, 15) is 15.0 Å². The monoisotopic (exact) mass is 335 g/mol. The van der Waals surface area contributed by atoms with E-state index in [1.165, 1.54) is 6.07 Å². The van der Waals surface area contributed by atoms with Crippen molar-refractivity contribution in [2.75, 3.05) is 60.5 Å². The van der Waals surface area contributed by atoms with Gasteiger partial charge >= 0.3 is 0 Å². The normalized spacial score (nSPS) is 21.0. The van der Waals surface area contributed by atoms with Gasteiger partial charge in [-0.3, -0.25) is 4.79 Å². The van der Waals surface area contributed by atoms with Crippen LogP contribution < -0.4 is 0 Å². The number of phenolic OH excluding ortho intramolecular Hbond substituents is 1. The molecular formula is C18H29N3O3. The lowest BCUT2D eigenvalue weighted by molar-refractivity contribution is 0.0779. The summed E-state index contributed by atoms with van der Waals surface area (Å²) in [4.78, 5) is 18.8. The number of hydrogen-bond acceptors (Lipinski definition) is 5. The molecule has 0 unspecified atom stereocenters. The number of aliphatic hydroxyl groups excluding tert-OH is 1. The van der Waals surface area contributed by atoms with Crippen molar-refractivity contribution in [2.45, 2.75) is 0 Å². The average molecular weight is 335 g/mol. The van der Waals surface area contributed by atoms with Crippen LogP contribution in [0.2, 0.25) is 0 Å². The first kappa shape index (κ1) is 18.7. The summed E-state index contributed by atoms with van der Waals surface area (Å²) in [7, 11) is 6.18. The summed E-state index contributed by atoms with van der Waals surface area (Å²) in [6.07, 6.45) is 0. The Morgan fingerprint density at radius 3 is 2.54 bits per heavy atom. The van der Waals surface area contributed by atoms with Crippen LogP contribution in [0.1, 0.15) is 10.4 Å². The van der Waals surface area contributed by atoms with E-state index in [1.807, 2.05) is 0 Å². The van der Waals surface area contributed by atoms with Crippen molar-refractivity contribution in [3.05, 3.63) is 29.8 Å². The number of carbonyl (C=O) groups excluding carboxylic acids is 1. The largest absolute Gasteiger partial charge is 0.508 e. The van der Waals surface area contributed by atoms with Crippen LogP contribution >= 0.6 is 0 Å². The molecule has 1 aromatic rings. The zero-order valence-corrected chi connectivity index (χ0v) is 14.9. The highest BCUT2D eigenvalue weighted by atomic mass is 16.3. The van der Waals surface area contributed by atoms with Gasteiger partial charge in [-0.25, -0.2) is 0 Å². The second-order valence-electron chi connectivity index (χ2n) is 7.03. The highest BCUT2D eigenvalue weighted by molar-refractivity contribution is 5.94. The molecule has 0 spiro atoms. The number of likely N-dealkylation sites (tertiary alicyclic amines) is 1. The third-order valence-electron chi connectivity index (χ3n) is 4.67. The molecule has 2 rings (SSSR count). The lowest BCUT2D eigenvalue weighted by atomic mass is 9.96. The van der Waals surface area contributed by atoms with Gasteiger partial charge in [0.15, 0.2) is 0 Å². The third-order valence-corrected chi connectivity index (χ3v) is 4.67. The fourth-order valence-electron chi connectivity index (χ4n) is 3.20. The highest BCUT2D eigenvalue weighted by Crippen LogP contribution is 2.26. The van der Waals surface area contributed by atoms with E-state index in [-0.39, 0.29) is 30.1 Å². The van der Waals surface area contributed by atoms with E-state index >= 15 is 0 Å². The molecule has 2 N–H and O–H groups in total. The van der Waals surface area contributed by atoms with Gasteiger partial charge in [0.25, 0.3) is 5.91 Å². The van der Waals surface area contributed by atoms with Crippen LogP contribution in [0.15, 0.2) is 24.3 Å². The van der Waals surface area contributed by atoms with Crippen molar-refractivity contribution >= 4 is 5.91 Å². The molecule has 0 aromatic heterocycles. The molecule has 1 aromatic carbocycles. The molecule has 1 amide bonds. The Balaban J connectivity index is 1.96. The van der Waals surface area contributed by atoms with Crippen molar-refractivity contribution < 1.29 is 15.0 Å². The highest BCUT2D eigenvalue weighted by Gasteiger charge is 2.35. The minimum atomic E-state index is -0.0807. The minimum Gasteiger partial charge on any atom is -0.508 e. The standard InChI is InChI=1S/C18H29N3O3/c1-19(2)7-8-20(3)10-15-11-21(12-16(15)13-22)18(24)14-5-4-6-17(23)9-14/h4-6,9,15-16,22-23H,7-8,10-13H2,1-3H3/t15-,16-/m1/s1. The number of aliphatic hydroxyl groups is 1. The van der Waals surface area contributed by atoms with E-state index in [0.717, 1.165) is 19.6 Å². The van der Waals surface area contributed by atoms with Crippen molar-refractivity contribution in [1.82, 2.24) is 14.7 Å². The van der Waals surface area contributed by atoms with E-state index < -0.39 is 0 Å². The average Bonchev–Trinajstić information content (AvgIpc) is 2.95. The molecule has 6 heteroatoms. The van der Waals surface area contributed by atoms with E-state index in [2.05, 4.69) is 30.9 Å². The lowest BCUT2D eigenvalue weighted by Gasteiger charge is -2.25. The summed E-state index contributed by atoms with van der Waals surface area (Å²) in [5.41, 5.74) is 0.494. The van der Waals surface area contributed by atoms with Crippen LogP contribution in [0, 0.1) is 11.8 Å². The molecular weight excluding hydrogens is 306 g/mol. The number of aromatic hydroxyl groups is 1. The van der Waals surface area contributed by atoms with Crippen molar-refractivity contribution in [3.63, 3.8) is 0 Å². The maximum Gasteiger partial charge on any atom is 0.254 e. The molecule has 24 heavy (non-hydrogen) atoms. The number of hydrogen-bond donors (Lipinski definition) is 2. The molecule has 0 bridgehead atoms. The Bertz CT molecular complexity index is 550. The smallest absolute Gasteiger partial charge is 0.254 e. The van der Waals surface area contributed by atoms with Gasteiger partial charge in [0, 0.05) is 50.8 Å². The van der Waals surface area contributed by atoms with Gasteiger partial charge in [0.05, 0.1) is 0 Å². The number of rotatable bonds is 7. The van der Waals surface area contributed by atoms with Gasteiger partial charge in [-0.2, -0.15) is 0 Å². The molecule has 134 valence electrons. The second kappa shape index (κ2) is 8.46. The SMILES string of the molecule is CN(C)CCN(C)C[C@@H]1CN(C(=O)c2cccc(O)c2)C[C@@H]1CO. The van der Waals surface area contributed by atoms with Crippen LogP contribution in [0.5, 0.6) is 5.75 Å². The van der Waals surface area contributed by atoms with Crippen LogP contribution in [-0.4, -0.2) is 91.3 Å². The number of nitrogens with zero attached hydrogens (tertiary/aromatic N) is 3. The number of amides is 1. The van der Waals surface area contributed by atoms with Crippen LogP contribution in [-0.2, 0) is 0 Å². The molecule has 1 aliphatic heterocycles. The first-order valence-electron chi connectivity index (χ1n) is 8.43. The molecule has 6 nitrogen and oxygen atoms in total.